The normalized spacial score (nSPS) is 20.8. The molecule has 0 radical (unpaired) electrons. The van der Waals surface area contributed by atoms with Gasteiger partial charge < -0.3 is 10.2 Å². The van der Waals surface area contributed by atoms with Crippen LogP contribution in [-0.2, 0) is 0 Å². The third-order valence-electron chi connectivity index (χ3n) is 3.41. The fraction of sp³-hybridized carbons (Fsp3) is 0.600. The van der Waals surface area contributed by atoms with Crippen LogP contribution in [0.1, 0.15) is 32.3 Å². The topological polar surface area (TPSA) is 15.3 Å². The molecule has 1 N–H and O–H groups in total. The third kappa shape index (κ3) is 3.47. The lowest BCUT2D eigenvalue weighted by Crippen LogP contribution is -2.51. The SMILES string of the molecule is Cc1cccc(N2CCCCNC(C)(C)C2)c1. The van der Waals surface area contributed by atoms with Gasteiger partial charge in [0.05, 0.1) is 0 Å². The van der Waals surface area contributed by atoms with Gasteiger partial charge in [-0.2, -0.15) is 0 Å². The summed E-state index contributed by atoms with van der Waals surface area (Å²) in [7, 11) is 0. The van der Waals surface area contributed by atoms with Gasteiger partial charge in [-0.25, -0.2) is 0 Å². The number of benzene rings is 1. The Bertz CT molecular complexity index is 371. The number of rotatable bonds is 1. The van der Waals surface area contributed by atoms with Crippen LogP contribution < -0.4 is 10.2 Å². The Morgan fingerprint density at radius 2 is 2.06 bits per heavy atom. The predicted molar refractivity (Wildman–Crippen MR) is 74.7 cm³/mol. The van der Waals surface area contributed by atoms with Crippen LogP contribution in [0.5, 0.6) is 0 Å². The molecule has 94 valence electrons. The van der Waals surface area contributed by atoms with Crippen LogP contribution in [0, 0.1) is 6.92 Å². The molecular weight excluding hydrogens is 208 g/mol. The van der Waals surface area contributed by atoms with Crippen LogP contribution in [0.2, 0.25) is 0 Å². The highest BCUT2D eigenvalue weighted by Gasteiger charge is 2.22. The van der Waals surface area contributed by atoms with Gasteiger partial charge in [0.15, 0.2) is 0 Å². The molecule has 0 unspecified atom stereocenters. The molecule has 0 aliphatic carbocycles. The molecule has 0 amide bonds. The number of hydrogen-bond acceptors (Lipinski definition) is 2. The number of nitrogens with zero attached hydrogens (tertiary/aromatic N) is 1. The monoisotopic (exact) mass is 232 g/mol. The molecule has 1 aliphatic heterocycles. The lowest BCUT2D eigenvalue weighted by molar-refractivity contribution is 0.364. The molecule has 0 bridgehead atoms. The van der Waals surface area contributed by atoms with Gasteiger partial charge in [-0.3, -0.25) is 0 Å². The molecule has 2 nitrogen and oxygen atoms in total. The van der Waals surface area contributed by atoms with Crippen molar-refractivity contribution in [1.82, 2.24) is 5.32 Å². The number of anilines is 1. The Hall–Kier alpha value is -1.02. The van der Waals surface area contributed by atoms with Gasteiger partial charge >= 0.3 is 0 Å². The molecule has 17 heavy (non-hydrogen) atoms. The lowest BCUT2D eigenvalue weighted by atomic mass is 10.0. The van der Waals surface area contributed by atoms with E-state index in [0.717, 1.165) is 13.1 Å². The first-order valence-electron chi connectivity index (χ1n) is 6.63. The summed E-state index contributed by atoms with van der Waals surface area (Å²) in [6, 6.07) is 8.84. The summed E-state index contributed by atoms with van der Waals surface area (Å²) in [5.74, 6) is 0. The Morgan fingerprint density at radius 1 is 1.24 bits per heavy atom. The second kappa shape index (κ2) is 5.09. The quantitative estimate of drug-likeness (QED) is 0.801. The van der Waals surface area contributed by atoms with E-state index in [0.29, 0.717) is 0 Å². The zero-order valence-electron chi connectivity index (χ0n) is 11.3. The van der Waals surface area contributed by atoms with Gasteiger partial charge in [0.2, 0.25) is 0 Å². The highest BCUT2D eigenvalue weighted by atomic mass is 15.2. The fourth-order valence-electron chi connectivity index (χ4n) is 2.51. The van der Waals surface area contributed by atoms with Crippen molar-refractivity contribution in [2.45, 2.75) is 39.2 Å². The van der Waals surface area contributed by atoms with E-state index in [-0.39, 0.29) is 5.54 Å². The molecule has 2 rings (SSSR count). The average Bonchev–Trinajstić information content (AvgIpc) is 2.24. The van der Waals surface area contributed by atoms with E-state index in [9.17, 15) is 0 Å². The second-order valence-electron chi connectivity index (χ2n) is 5.78. The van der Waals surface area contributed by atoms with Crippen molar-refractivity contribution in [2.75, 3.05) is 24.5 Å². The van der Waals surface area contributed by atoms with E-state index < -0.39 is 0 Å². The highest BCUT2D eigenvalue weighted by molar-refractivity contribution is 5.48. The van der Waals surface area contributed by atoms with Gasteiger partial charge in [0, 0.05) is 24.3 Å². The van der Waals surface area contributed by atoms with Crippen LogP contribution in [0.3, 0.4) is 0 Å². The minimum absolute atomic E-state index is 0.199. The van der Waals surface area contributed by atoms with Crippen molar-refractivity contribution in [3.05, 3.63) is 29.8 Å². The number of hydrogen-bond donors (Lipinski definition) is 1. The smallest absolute Gasteiger partial charge is 0.0369 e. The highest BCUT2D eigenvalue weighted by Crippen LogP contribution is 2.20. The number of nitrogens with one attached hydrogen (secondary N) is 1. The molecular formula is C15H24N2. The van der Waals surface area contributed by atoms with Crippen molar-refractivity contribution < 1.29 is 0 Å². The predicted octanol–water partition coefficient (Wildman–Crippen LogP) is 2.96. The molecule has 1 aliphatic rings. The Labute approximate surface area is 105 Å². The van der Waals surface area contributed by atoms with E-state index in [4.69, 9.17) is 0 Å². The van der Waals surface area contributed by atoms with Gasteiger partial charge in [0.25, 0.3) is 0 Å². The van der Waals surface area contributed by atoms with E-state index in [1.54, 1.807) is 0 Å². The van der Waals surface area contributed by atoms with Crippen molar-refractivity contribution in [3.8, 4) is 0 Å². The Morgan fingerprint density at radius 3 is 2.82 bits per heavy atom. The standard InChI is InChI=1S/C15H24N2/c1-13-7-6-8-14(11-13)17-10-5-4-9-16-15(2,3)12-17/h6-8,11,16H,4-5,9-10,12H2,1-3H3. The van der Waals surface area contributed by atoms with E-state index in [1.165, 1.54) is 30.6 Å². The molecule has 1 aromatic carbocycles. The second-order valence-corrected chi connectivity index (χ2v) is 5.78. The largest absolute Gasteiger partial charge is 0.370 e. The molecule has 0 spiro atoms. The molecule has 1 heterocycles. The van der Waals surface area contributed by atoms with Crippen LogP contribution in [-0.4, -0.2) is 25.2 Å². The number of aryl methyl sites for hydroxylation is 1. The first kappa shape index (κ1) is 12.4. The molecule has 1 saturated heterocycles. The fourth-order valence-corrected chi connectivity index (χ4v) is 2.51. The molecule has 0 saturated carbocycles. The van der Waals surface area contributed by atoms with Crippen molar-refractivity contribution in [1.29, 1.82) is 0 Å². The van der Waals surface area contributed by atoms with Crippen LogP contribution in [0.4, 0.5) is 5.69 Å². The van der Waals surface area contributed by atoms with Gasteiger partial charge in [0.1, 0.15) is 0 Å². The maximum atomic E-state index is 3.63. The van der Waals surface area contributed by atoms with Gasteiger partial charge in [-0.15, -0.1) is 0 Å². The molecule has 2 heteroatoms. The van der Waals surface area contributed by atoms with Crippen molar-refractivity contribution in [3.63, 3.8) is 0 Å². The van der Waals surface area contributed by atoms with Crippen LogP contribution in [0.15, 0.2) is 24.3 Å². The minimum atomic E-state index is 0.199. The Kier molecular flexibility index (Phi) is 3.72. The zero-order valence-corrected chi connectivity index (χ0v) is 11.3. The molecule has 1 fully saturated rings. The first-order valence-corrected chi connectivity index (χ1v) is 6.63. The molecule has 1 aromatic rings. The van der Waals surface area contributed by atoms with E-state index in [1.807, 2.05) is 0 Å². The summed E-state index contributed by atoms with van der Waals surface area (Å²) in [4.78, 5) is 2.51. The lowest BCUT2D eigenvalue weighted by Gasteiger charge is -2.37. The summed E-state index contributed by atoms with van der Waals surface area (Å²) in [6.07, 6.45) is 2.54. The summed E-state index contributed by atoms with van der Waals surface area (Å²) in [5.41, 5.74) is 2.90. The summed E-state index contributed by atoms with van der Waals surface area (Å²) in [6.45, 7) is 10.2. The van der Waals surface area contributed by atoms with E-state index >= 15 is 0 Å². The molecule has 0 atom stereocenters. The minimum Gasteiger partial charge on any atom is -0.370 e. The van der Waals surface area contributed by atoms with Gasteiger partial charge in [-0.1, -0.05) is 12.1 Å². The summed E-state index contributed by atoms with van der Waals surface area (Å²) >= 11 is 0. The first-order chi connectivity index (χ1) is 8.07. The van der Waals surface area contributed by atoms with Crippen LogP contribution in [0.25, 0.3) is 0 Å². The summed E-state index contributed by atoms with van der Waals surface area (Å²) < 4.78 is 0. The van der Waals surface area contributed by atoms with Gasteiger partial charge in [-0.05, 0) is 57.9 Å². The van der Waals surface area contributed by atoms with E-state index in [2.05, 4.69) is 55.3 Å². The maximum absolute atomic E-state index is 3.63. The molecule has 0 aromatic heterocycles. The maximum Gasteiger partial charge on any atom is 0.0369 e. The van der Waals surface area contributed by atoms with Crippen molar-refractivity contribution in [2.24, 2.45) is 0 Å². The third-order valence-corrected chi connectivity index (χ3v) is 3.41. The Balaban J connectivity index is 2.17. The average molecular weight is 232 g/mol. The summed E-state index contributed by atoms with van der Waals surface area (Å²) in [5, 5.41) is 3.63. The van der Waals surface area contributed by atoms with Crippen LogP contribution >= 0.6 is 0 Å². The zero-order chi connectivity index (χ0) is 12.3. The van der Waals surface area contributed by atoms with Crippen molar-refractivity contribution >= 4 is 5.69 Å².